The molecule has 0 saturated heterocycles. The van der Waals surface area contributed by atoms with Gasteiger partial charge in [0.05, 0.1) is 0 Å². The zero-order chi connectivity index (χ0) is 18.6. The number of rotatable bonds is 15. The second kappa shape index (κ2) is 17.5. The fourth-order valence-electron chi connectivity index (χ4n) is 2.26. The van der Waals surface area contributed by atoms with Crippen molar-refractivity contribution < 1.29 is 38.3 Å². The summed E-state index contributed by atoms with van der Waals surface area (Å²) in [5, 5.41) is 0. The van der Waals surface area contributed by atoms with E-state index in [1.165, 1.54) is 0 Å². The summed E-state index contributed by atoms with van der Waals surface area (Å²) in [6.07, 6.45) is 8.32. The standard InChI is InChI=1S/C14H28O8P2.2Na.2H/c15-13(23(17,18)19)11-9-7-5-3-1-2-4-6-8-10-12-14(16)24(20,21)22;;;;/h1-12H2,(H2,17,18,19)(H2,20,21,22);;;;. The Morgan fingerprint density at radius 3 is 0.885 bits per heavy atom. The molecule has 4 N–H and O–H groups in total. The number of hydrogen-bond acceptors (Lipinski definition) is 4. The van der Waals surface area contributed by atoms with Crippen molar-refractivity contribution in [3.05, 3.63) is 0 Å². The van der Waals surface area contributed by atoms with Gasteiger partial charge in [-0.05, 0) is 12.8 Å². The molecule has 0 aliphatic heterocycles. The molecule has 0 aromatic heterocycles. The van der Waals surface area contributed by atoms with Crippen molar-refractivity contribution in [1.82, 2.24) is 0 Å². The number of unbranched alkanes of at least 4 members (excludes halogenated alkanes) is 9. The molecular formula is C14H30Na2O8P2. The normalized spacial score (nSPS) is 11.4. The van der Waals surface area contributed by atoms with Crippen LogP contribution in [0.4, 0.5) is 0 Å². The van der Waals surface area contributed by atoms with Gasteiger partial charge in [0, 0.05) is 12.8 Å². The van der Waals surface area contributed by atoms with Crippen LogP contribution in [-0.4, -0.2) is 89.7 Å². The first-order valence-corrected chi connectivity index (χ1v) is 11.5. The Labute approximate surface area is 199 Å². The molecule has 26 heavy (non-hydrogen) atoms. The van der Waals surface area contributed by atoms with Gasteiger partial charge in [-0.25, -0.2) is 0 Å². The third-order valence-electron chi connectivity index (χ3n) is 3.68. The molecule has 0 fully saturated rings. The quantitative estimate of drug-likeness (QED) is 0.173. The van der Waals surface area contributed by atoms with Crippen LogP contribution in [0, 0.1) is 0 Å². The van der Waals surface area contributed by atoms with Crippen molar-refractivity contribution in [1.29, 1.82) is 0 Å². The van der Waals surface area contributed by atoms with Gasteiger partial charge in [0.1, 0.15) is 0 Å². The Morgan fingerprint density at radius 2 is 0.692 bits per heavy atom. The van der Waals surface area contributed by atoms with E-state index in [1.54, 1.807) is 0 Å². The van der Waals surface area contributed by atoms with E-state index < -0.39 is 26.2 Å². The van der Waals surface area contributed by atoms with Crippen LogP contribution in [0.3, 0.4) is 0 Å². The van der Waals surface area contributed by atoms with E-state index in [0.29, 0.717) is 12.8 Å². The van der Waals surface area contributed by atoms with Crippen LogP contribution in [0.2, 0.25) is 0 Å². The molecule has 0 aromatic carbocycles. The molecule has 0 radical (unpaired) electrons. The van der Waals surface area contributed by atoms with Crippen LogP contribution in [-0.2, 0) is 18.7 Å². The molecule has 0 aliphatic rings. The first kappa shape index (κ1) is 32.3. The topological polar surface area (TPSA) is 149 Å². The Kier molecular flexibility index (Phi) is 21.7. The molecule has 0 saturated carbocycles. The molecule has 0 aliphatic carbocycles. The van der Waals surface area contributed by atoms with Gasteiger partial charge in [-0.15, -0.1) is 0 Å². The van der Waals surface area contributed by atoms with Crippen molar-refractivity contribution in [2.75, 3.05) is 0 Å². The molecule has 12 heteroatoms. The predicted octanol–water partition coefficient (Wildman–Crippen LogP) is 1.78. The van der Waals surface area contributed by atoms with Crippen LogP contribution in [0.5, 0.6) is 0 Å². The summed E-state index contributed by atoms with van der Waals surface area (Å²) in [7, 11) is -9.11. The molecule has 0 amide bonds. The fraction of sp³-hybridized carbons (Fsp3) is 0.857. The van der Waals surface area contributed by atoms with Crippen molar-refractivity contribution in [2.24, 2.45) is 0 Å². The zero-order valence-electron chi connectivity index (χ0n) is 13.8. The monoisotopic (exact) mass is 434 g/mol. The minimum atomic E-state index is -4.56. The van der Waals surface area contributed by atoms with E-state index in [1.807, 2.05) is 0 Å². The second-order valence-electron chi connectivity index (χ2n) is 5.91. The zero-order valence-corrected chi connectivity index (χ0v) is 15.6. The molecule has 0 bridgehead atoms. The van der Waals surface area contributed by atoms with Crippen molar-refractivity contribution in [3.8, 4) is 0 Å². The molecule has 0 unspecified atom stereocenters. The van der Waals surface area contributed by atoms with Gasteiger partial charge < -0.3 is 19.6 Å². The summed E-state index contributed by atoms with van der Waals surface area (Å²) in [6, 6.07) is 0. The molecule has 0 heterocycles. The molecule has 0 spiro atoms. The number of hydrogen-bond donors (Lipinski definition) is 4. The van der Waals surface area contributed by atoms with Gasteiger partial charge in [-0.2, -0.15) is 0 Å². The third-order valence-corrected chi connectivity index (χ3v) is 5.43. The first-order valence-electron chi connectivity index (χ1n) is 8.23. The first-order chi connectivity index (χ1) is 11.0. The average Bonchev–Trinajstić information content (AvgIpc) is 2.45. The Bertz CT molecular complexity index is 445. The predicted molar refractivity (Wildman–Crippen MR) is 104 cm³/mol. The van der Waals surface area contributed by atoms with Crippen LogP contribution < -0.4 is 0 Å². The van der Waals surface area contributed by atoms with E-state index in [0.717, 1.165) is 51.4 Å². The van der Waals surface area contributed by atoms with E-state index >= 15 is 0 Å². The maximum atomic E-state index is 11.0. The van der Waals surface area contributed by atoms with Crippen molar-refractivity contribution in [3.63, 3.8) is 0 Å². The van der Waals surface area contributed by atoms with Crippen LogP contribution in [0.15, 0.2) is 0 Å². The van der Waals surface area contributed by atoms with E-state index in [9.17, 15) is 18.7 Å². The van der Waals surface area contributed by atoms with E-state index in [-0.39, 0.29) is 72.0 Å². The van der Waals surface area contributed by atoms with Crippen LogP contribution in [0.25, 0.3) is 0 Å². The second-order valence-corrected chi connectivity index (χ2v) is 9.08. The average molecular weight is 434 g/mol. The summed E-state index contributed by atoms with van der Waals surface area (Å²) < 4.78 is 21.2. The van der Waals surface area contributed by atoms with Gasteiger partial charge in [0.2, 0.25) is 11.0 Å². The van der Waals surface area contributed by atoms with Gasteiger partial charge in [0.15, 0.2) is 0 Å². The molecule has 146 valence electrons. The van der Waals surface area contributed by atoms with Crippen LogP contribution in [0.1, 0.15) is 77.0 Å². The fourth-order valence-corrected chi connectivity index (χ4v) is 3.16. The molecule has 0 aromatic rings. The van der Waals surface area contributed by atoms with E-state index in [2.05, 4.69) is 0 Å². The third kappa shape index (κ3) is 19.0. The van der Waals surface area contributed by atoms with Crippen molar-refractivity contribution in [2.45, 2.75) is 77.0 Å². The Hall–Kier alpha value is 1.64. The van der Waals surface area contributed by atoms with Crippen LogP contribution >= 0.6 is 15.2 Å². The molecule has 8 nitrogen and oxygen atoms in total. The Morgan fingerprint density at radius 1 is 0.500 bits per heavy atom. The summed E-state index contributed by atoms with van der Waals surface area (Å²) in [4.78, 5) is 56.5. The van der Waals surface area contributed by atoms with Crippen molar-refractivity contribution >= 4 is 85.4 Å². The van der Waals surface area contributed by atoms with Gasteiger partial charge in [-0.1, -0.05) is 51.4 Å². The van der Waals surface area contributed by atoms with Gasteiger partial charge in [-0.3, -0.25) is 18.7 Å². The minimum absolute atomic E-state index is 0. The Balaban J connectivity index is -0.00000264. The SMILES string of the molecule is O=C(CCCCCCCCCCCCC(=O)P(=O)(O)O)P(=O)(O)O.[NaH].[NaH]. The summed E-state index contributed by atoms with van der Waals surface area (Å²) in [5.41, 5.74) is -1.97. The summed E-state index contributed by atoms with van der Waals surface area (Å²) in [5.74, 6) is 0. The molecule has 0 rings (SSSR count). The summed E-state index contributed by atoms with van der Waals surface area (Å²) in [6.45, 7) is 0. The van der Waals surface area contributed by atoms with Gasteiger partial charge >= 0.3 is 74.3 Å². The number of carbonyl (C=O) groups is 2. The molecule has 0 atom stereocenters. The molecular weight excluding hydrogens is 404 g/mol. The van der Waals surface area contributed by atoms with Gasteiger partial charge in [0.25, 0.3) is 0 Å². The number of carbonyl (C=O) groups excluding carboxylic acids is 2. The maximum absolute atomic E-state index is 11.0. The summed E-state index contributed by atoms with van der Waals surface area (Å²) >= 11 is 0. The van der Waals surface area contributed by atoms with E-state index in [4.69, 9.17) is 19.6 Å².